The Hall–Kier alpha value is -3.25. The van der Waals surface area contributed by atoms with Crippen LogP contribution in [0, 0.1) is 6.92 Å². The molecule has 2 aromatic heterocycles. The molecule has 0 bridgehead atoms. The van der Waals surface area contributed by atoms with Crippen molar-refractivity contribution < 1.29 is 4.79 Å². The third-order valence-electron chi connectivity index (χ3n) is 4.21. The molecular weight excluding hydrogens is 358 g/mol. The van der Waals surface area contributed by atoms with Gasteiger partial charge in [0.1, 0.15) is 11.2 Å². The highest BCUT2D eigenvalue weighted by Gasteiger charge is 2.12. The number of aromatic nitrogens is 2. The van der Waals surface area contributed by atoms with E-state index in [1.807, 2.05) is 67.6 Å². The Labute approximate surface area is 159 Å². The summed E-state index contributed by atoms with van der Waals surface area (Å²) in [6.45, 7) is 1.91. The molecule has 0 aliphatic carbocycles. The number of hydrogen-bond donors (Lipinski definition) is 1. The summed E-state index contributed by atoms with van der Waals surface area (Å²) in [5.41, 5.74) is 3.31. The average Bonchev–Trinajstić information content (AvgIpc) is 3.12. The lowest BCUT2D eigenvalue weighted by Gasteiger charge is -2.07. The minimum atomic E-state index is -0.262. The average molecular weight is 375 g/mol. The van der Waals surface area contributed by atoms with Crippen molar-refractivity contribution in [1.82, 2.24) is 9.55 Å². The Morgan fingerprint density at radius 3 is 2.59 bits per heavy atom. The Bertz CT molecular complexity index is 1160. The maximum atomic E-state index is 12.8. The number of nitrogens with zero attached hydrogens (tertiary/aromatic N) is 2. The maximum absolute atomic E-state index is 12.8. The molecule has 2 aromatic carbocycles. The van der Waals surface area contributed by atoms with Gasteiger partial charge in [0, 0.05) is 10.6 Å². The van der Waals surface area contributed by atoms with Gasteiger partial charge in [-0.2, -0.15) is 0 Å². The zero-order valence-electron chi connectivity index (χ0n) is 14.7. The molecule has 4 rings (SSSR count). The monoisotopic (exact) mass is 375 g/mol. The first-order chi connectivity index (χ1) is 13.1. The van der Waals surface area contributed by atoms with Gasteiger partial charge >= 0.3 is 0 Å². The molecule has 0 radical (unpaired) electrons. The maximum Gasteiger partial charge on any atom is 0.271 e. The van der Waals surface area contributed by atoms with Crippen LogP contribution in [0.3, 0.4) is 0 Å². The molecule has 0 saturated heterocycles. The van der Waals surface area contributed by atoms with E-state index in [9.17, 15) is 9.59 Å². The topological polar surface area (TPSA) is 64.0 Å². The third kappa shape index (κ3) is 3.66. The van der Waals surface area contributed by atoms with Crippen LogP contribution in [0.4, 0.5) is 5.69 Å². The zero-order chi connectivity index (χ0) is 18.8. The molecule has 0 unspecified atom stereocenters. The molecule has 1 amide bonds. The Balaban J connectivity index is 1.59. The SMILES string of the molecule is Cc1ccc(NC(=O)Cn2cnc3cc(-c4ccccc4)sc3c2=O)cc1. The van der Waals surface area contributed by atoms with Crippen LogP contribution in [0.15, 0.2) is 71.8 Å². The van der Waals surface area contributed by atoms with E-state index in [1.165, 1.54) is 22.2 Å². The summed E-state index contributed by atoms with van der Waals surface area (Å²) in [6, 6.07) is 19.3. The number of anilines is 1. The van der Waals surface area contributed by atoms with Crippen molar-refractivity contribution in [3.05, 3.63) is 82.9 Å². The quantitative estimate of drug-likeness (QED) is 0.585. The summed E-state index contributed by atoms with van der Waals surface area (Å²) in [7, 11) is 0. The first-order valence-electron chi connectivity index (χ1n) is 8.51. The number of carbonyl (C=O) groups is 1. The minimum Gasteiger partial charge on any atom is -0.325 e. The Morgan fingerprint density at radius 2 is 1.85 bits per heavy atom. The van der Waals surface area contributed by atoms with Crippen LogP contribution < -0.4 is 10.9 Å². The predicted molar refractivity (Wildman–Crippen MR) is 109 cm³/mol. The number of benzene rings is 2. The number of fused-ring (bicyclic) bond motifs is 1. The number of hydrogen-bond acceptors (Lipinski definition) is 4. The summed E-state index contributed by atoms with van der Waals surface area (Å²) in [5.74, 6) is -0.262. The summed E-state index contributed by atoms with van der Waals surface area (Å²) < 4.78 is 1.90. The first-order valence-corrected chi connectivity index (χ1v) is 9.33. The zero-order valence-corrected chi connectivity index (χ0v) is 15.5. The molecule has 0 atom stereocenters. The molecular formula is C21H17N3O2S. The molecule has 0 fully saturated rings. The second kappa shape index (κ2) is 7.17. The number of carbonyl (C=O) groups excluding carboxylic acids is 1. The van der Waals surface area contributed by atoms with Crippen molar-refractivity contribution in [1.29, 1.82) is 0 Å². The van der Waals surface area contributed by atoms with E-state index in [1.54, 1.807) is 0 Å². The Morgan fingerprint density at radius 1 is 1.11 bits per heavy atom. The van der Waals surface area contributed by atoms with Gasteiger partial charge in [-0.25, -0.2) is 4.98 Å². The highest BCUT2D eigenvalue weighted by molar-refractivity contribution is 7.22. The molecule has 4 aromatic rings. The van der Waals surface area contributed by atoms with Gasteiger partial charge in [0.15, 0.2) is 0 Å². The lowest BCUT2D eigenvalue weighted by Crippen LogP contribution is -2.27. The summed E-state index contributed by atoms with van der Waals surface area (Å²) >= 11 is 1.40. The van der Waals surface area contributed by atoms with Crippen LogP contribution in [-0.2, 0) is 11.3 Å². The van der Waals surface area contributed by atoms with Gasteiger partial charge in [-0.15, -0.1) is 11.3 Å². The molecule has 6 heteroatoms. The fourth-order valence-corrected chi connectivity index (χ4v) is 3.86. The predicted octanol–water partition coefficient (Wildman–Crippen LogP) is 4.07. The van der Waals surface area contributed by atoms with Crippen LogP contribution in [0.2, 0.25) is 0 Å². The normalized spacial score (nSPS) is 10.9. The van der Waals surface area contributed by atoms with E-state index in [2.05, 4.69) is 10.3 Å². The standard InChI is InChI=1S/C21H17N3O2S/c1-14-7-9-16(10-8-14)23-19(25)12-24-13-22-17-11-18(27-20(17)21(24)26)15-5-3-2-4-6-15/h2-11,13H,12H2,1H3,(H,23,25). The van der Waals surface area contributed by atoms with Gasteiger partial charge in [-0.1, -0.05) is 48.0 Å². The molecule has 5 nitrogen and oxygen atoms in total. The highest BCUT2D eigenvalue weighted by atomic mass is 32.1. The van der Waals surface area contributed by atoms with E-state index in [4.69, 9.17) is 0 Å². The number of aryl methyl sites for hydroxylation is 1. The van der Waals surface area contributed by atoms with Crippen LogP contribution in [-0.4, -0.2) is 15.5 Å². The van der Waals surface area contributed by atoms with Crippen LogP contribution >= 0.6 is 11.3 Å². The second-order valence-corrected chi connectivity index (χ2v) is 7.34. The van der Waals surface area contributed by atoms with Crippen LogP contribution in [0.1, 0.15) is 5.56 Å². The van der Waals surface area contributed by atoms with E-state index in [0.717, 1.165) is 16.0 Å². The molecule has 27 heavy (non-hydrogen) atoms. The lowest BCUT2D eigenvalue weighted by atomic mass is 10.2. The van der Waals surface area contributed by atoms with Gasteiger partial charge in [-0.05, 0) is 30.7 Å². The fourth-order valence-electron chi connectivity index (χ4n) is 2.79. The number of rotatable bonds is 4. The van der Waals surface area contributed by atoms with Crippen LogP contribution in [0.25, 0.3) is 20.7 Å². The van der Waals surface area contributed by atoms with E-state index >= 15 is 0 Å². The van der Waals surface area contributed by atoms with E-state index in [-0.39, 0.29) is 18.0 Å². The van der Waals surface area contributed by atoms with Gasteiger partial charge in [0.2, 0.25) is 5.91 Å². The molecule has 0 spiro atoms. The van der Waals surface area contributed by atoms with E-state index < -0.39 is 0 Å². The minimum absolute atomic E-state index is 0.0752. The summed E-state index contributed by atoms with van der Waals surface area (Å²) in [4.78, 5) is 30.4. The molecule has 0 aliphatic rings. The van der Waals surface area contributed by atoms with Crippen molar-refractivity contribution >= 4 is 33.1 Å². The van der Waals surface area contributed by atoms with Gasteiger partial charge in [0.25, 0.3) is 5.56 Å². The summed E-state index contributed by atoms with van der Waals surface area (Å²) in [6.07, 6.45) is 1.43. The molecule has 0 aliphatic heterocycles. The number of amides is 1. The Kier molecular flexibility index (Phi) is 4.56. The molecule has 0 saturated carbocycles. The van der Waals surface area contributed by atoms with Crippen molar-refractivity contribution in [3.8, 4) is 10.4 Å². The van der Waals surface area contributed by atoms with Crippen molar-refractivity contribution in [2.75, 3.05) is 5.32 Å². The summed E-state index contributed by atoms with van der Waals surface area (Å²) in [5, 5.41) is 2.80. The van der Waals surface area contributed by atoms with Gasteiger partial charge in [-0.3, -0.25) is 14.2 Å². The molecule has 134 valence electrons. The number of thiophene rings is 1. The second-order valence-electron chi connectivity index (χ2n) is 6.28. The highest BCUT2D eigenvalue weighted by Crippen LogP contribution is 2.30. The number of nitrogens with one attached hydrogen (secondary N) is 1. The largest absolute Gasteiger partial charge is 0.325 e. The smallest absolute Gasteiger partial charge is 0.271 e. The van der Waals surface area contributed by atoms with Crippen molar-refractivity contribution in [2.24, 2.45) is 0 Å². The first kappa shape index (κ1) is 17.2. The fraction of sp³-hybridized carbons (Fsp3) is 0.0952. The molecule has 1 N–H and O–H groups in total. The van der Waals surface area contributed by atoms with Gasteiger partial charge < -0.3 is 5.32 Å². The molecule has 2 heterocycles. The van der Waals surface area contributed by atoms with E-state index in [0.29, 0.717) is 15.9 Å². The van der Waals surface area contributed by atoms with Gasteiger partial charge in [0.05, 0.1) is 11.8 Å². The third-order valence-corrected chi connectivity index (χ3v) is 5.37. The van der Waals surface area contributed by atoms with Crippen LogP contribution in [0.5, 0.6) is 0 Å². The lowest BCUT2D eigenvalue weighted by molar-refractivity contribution is -0.116. The van der Waals surface area contributed by atoms with Crippen molar-refractivity contribution in [2.45, 2.75) is 13.5 Å². The van der Waals surface area contributed by atoms with Crippen molar-refractivity contribution in [3.63, 3.8) is 0 Å².